The largest absolute Gasteiger partial charge is 0.350 e. The lowest BCUT2D eigenvalue weighted by molar-refractivity contribution is 0.0735. The highest BCUT2D eigenvalue weighted by molar-refractivity contribution is 5.98. The normalized spacial score (nSPS) is 12.4. The number of aromatic amines is 2. The fraction of sp³-hybridized carbons (Fsp3) is 0.150. The third kappa shape index (κ3) is 3.04. The van der Waals surface area contributed by atoms with E-state index in [1.54, 1.807) is 13.0 Å². The van der Waals surface area contributed by atoms with Crippen molar-refractivity contribution in [1.29, 1.82) is 0 Å². The topological polar surface area (TPSA) is 81.8 Å². The molecule has 29 heavy (non-hydrogen) atoms. The van der Waals surface area contributed by atoms with Gasteiger partial charge in [-0.15, -0.1) is 0 Å². The van der Waals surface area contributed by atoms with Crippen LogP contribution in [-0.2, 0) is 0 Å². The Hall–Kier alpha value is -3.62. The molecule has 0 aliphatic heterocycles. The van der Waals surface area contributed by atoms with Crippen LogP contribution >= 0.6 is 0 Å². The van der Waals surface area contributed by atoms with Crippen LogP contribution in [0.3, 0.4) is 0 Å². The molecule has 9 heteroatoms. The monoisotopic (exact) mass is 400 g/mol. The summed E-state index contributed by atoms with van der Waals surface area (Å²) in [6, 6.07) is 6.85. The summed E-state index contributed by atoms with van der Waals surface area (Å²) >= 11 is 0. The molecule has 0 radical (unpaired) electrons. The second kappa shape index (κ2) is 6.77. The molecule has 2 aromatic carbocycles. The van der Waals surface area contributed by atoms with Crippen molar-refractivity contribution in [2.24, 2.45) is 0 Å². The standard InChI is InChI=1S/C20H15F3N4O2/c1-9(18-10-6-14(22)15(23)7-11(10)19(28)26-25-18)27(2)20(29)17-8-12-13(21)4-3-5-16(12)24-17/h3-9,24H,1-2H3,(H,26,28)/t9-/m0/s1. The number of halogens is 3. The lowest BCUT2D eigenvalue weighted by Gasteiger charge is -2.24. The molecular weight excluding hydrogens is 385 g/mol. The van der Waals surface area contributed by atoms with Crippen molar-refractivity contribution in [2.45, 2.75) is 13.0 Å². The van der Waals surface area contributed by atoms with Crippen molar-refractivity contribution < 1.29 is 18.0 Å². The summed E-state index contributed by atoms with van der Waals surface area (Å²) in [5.74, 6) is -3.20. The Kier molecular flexibility index (Phi) is 4.37. The second-order valence-corrected chi connectivity index (χ2v) is 6.73. The first-order valence-electron chi connectivity index (χ1n) is 8.69. The lowest BCUT2D eigenvalue weighted by atomic mass is 10.1. The van der Waals surface area contributed by atoms with E-state index in [1.165, 1.54) is 30.1 Å². The van der Waals surface area contributed by atoms with E-state index in [9.17, 15) is 22.8 Å². The maximum atomic E-state index is 13.9. The van der Waals surface area contributed by atoms with Crippen LogP contribution in [0.5, 0.6) is 0 Å². The predicted octanol–water partition coefficient (Wildman–Crippen LogP) is 3.65. The van der Waals surface area contributed by atoms with Gasteiger partial charge in [0.05, 0.1) is 17.1 Å². The number of aromatic nitrogens is 3. The second-order valence-electron chi connectivity index (χ2n) is 6.73. The van der Waals surface area contributed by atoms with Gasteiger partial charge in [-0.3, -0.25) is 9.59 Å². The van der Waals surface area contributed by atoms with Crippen LogP contribution in [0.15, 0.2) is 41.2 Å². The van der Waals surface area contributed by atoms with Crippen LogP contribution in [0.4, 0.5) is 13.2 Å². The zero-order valence-electron chi connectivity index (χ0n) is 15.4. The summed E-state index contributed by atoms with van der Waals surface area (Å²) in [5, 5.41) is 6.49. The molecule has 2 heterocycles. The molecule has 0 aliphatic rings. The number of nitrogens with one attached hydrogen (secondary N) is 2. The number of hydrogen-bond acceptors (Lipinski definition) is 3. The van der Waals surface area contributed by atoms with E-state index in [0.717, 1.165) is 12.1 Å². The number of fused-ring (bicyclic) bond motifs is 2. The molecule has 0 fully saturated rings. The Labute approximate surface area is 162 Å². The Morgan fingerprint density at radius 3 is 2.41 bits per heavy atom. The molecule has 0 saturated carbocycles. The molecule has 0 unspecified atom stereocenters. The van der Waals surface area contributed by atoms with Crippen molar-refractivity contribution in [1.82, 2.24) is 20.1 Å². The van der Waals surface area contributed by atoms with Gasteiger partial charge in [0.1, 0.15) is 11.5 Å². The average molecular weight is 400 g/mol. The third-order valence-corrected chi connectivity index (χ3v) is 5.00. The first kappa shape index (κ1) is 18.7. The number of amides is 1. The molecule has 0 bridgehead atoms. The minimum absolute atomic E-state index is 0.0747. The molecule has 2 N–H and O–H groups in total. The highest BCUT2D eigenvalue weighted by Crippen LogP contribution is 2.27. The summed E-state index contributed by atoms with van der Waals surface area (Å²) in [5.41, 5.74) is 0.150. The van der Waals surface area contributed by atoms with Crippen molar-refractivity contribution in [2.75, 3.05) is 7.05 Å². The first-order chi connectivity index (χ1) is 13.8. The molecule has 0 saturated heterocycles. The Morgan fingerprint density at radius 2 is 1.72 bits per heavy atom. The molecular formula is C20H15F3N4O2. The van der Waals surface area contributed by atoms with Gasteiger partial charge in [0.25, 0.3) is 11.5 Å². The Morgan fingerprint density at radius 1 is 1.03 bits per heavy atom. The molecule has 4 aromatic rings. The summed E-state index contributed by atoms with van der Waals surface area (Å²) in [7, 11) is 1.49. The maximum absolute atomic E-state index is 13.9. The molecule has 2 aromatic heterocycles. The van der Waals surface area contributed by atoms with E-state index in [1.807, 2.05) is 0 Å². The van der Waals surface area contributed by atoms with Crippen LogP contribution in [0.2, 0.25) is 0 Å². The molecule has 6 nitrogen and oxygen atoms in total. The van der Waals surface area contributed by atoms with Crippen molar-refractivity contribution in [3.8, 4) is 0 Å². The van der Waals surface area contributed by atoms with Crippen LogP contribution in [0.25, 0.3) is 21.7 Å². The van der Waals surface area contributed by atoms with Gasteiger partial charge in [-0.1, -0.05) is 6.07 Å². The van der Waals surface area contributed by atoms with Gasteiger partial charge >= 0.3 is 0 Å². The Bertz CT molecular complexity index is 1330. The van der Waals surface area contributed by atoms with Crippen molar-refractivity contribution in [3.05, 3.63) is 75.6 Å². The smallest absolute Gasteiger partial charge is 0.272 e. The van der Waals surface area contributed by atoms with Crippen LogP contribution in [-0.4, -0.2) is 33.0 Å². The van der Waals surface area contributed by atoms with Crippen molar-refractivity contribution in [3.63, 3.8) is 0 Å². The number of hydrogen-bond donors (Lipinski definition) is 2. The van der Waals surface area contributed by atoms with E-state index in [0.29, 0.717) is 5.52 Å². The van der Waals surface area contributed by atoms with E-state index in [4.69, 9.17) is 0 Å². The maximum Gasteiger partial charge on any atom is 0.272 e. The molecule has 1 atom stereocenters. The molecule has 1 amide bonds. The van der Waals surface area contributed by atoms with Gasteiger partial charge in [0.2, 0.25) is 0 Å². The highest BCUT2D eigenvalue weighted by Gasteiger charge is 2.25. The van der Waals surface area contributed by atoms with E-state index in [-0.39, 0.29) is 27.5 Å². The van der Waals surface area contributed by atoms with Gasteiger partial charge in [0, 0.05) is 23.3 Å². The highest BCUT2D eigenvalue weighted by atomic mass is 19.2. The zero-order chi connectivity index (χ0) is 20.9. The fourth-order valence-electron chi connectivity index (χ4n) is 3.28. The number of nitrogens with zero attached hydrogens (tertiary/aromatic N) is 2. The number of H-pyrrole nitrogens is 2. The van der Waals surface area contributed by atoms with Gasteiger partial charge in [-0.2, -0.15) is 5.10 Å². The summed E-state index contributed by atoms with van der Waals surface area (Å²) in [4.78, 5) is 29.0. The van der Waals surface area contributed by atoms with Crippen LogP contribution in [0, 0.1) is 17.5 Å². The van der Waals surface area contributed by atoms with Crippen molar-refractivity contribution >= 4 is 27.6 Å². The number of rotatable bonds is 3. The minimum Gasteiger partial charge on any atom is -0.350 e. The minimum atomic E-state index is -1.16. The van der Waals surface area contributed by atoms with E-state index < -0.39 is 35.0 Å². The first-order valence-corrected chi connectivity index (χ1v) is 8.69. The molecule has 4 rings (SSSR count). The predicted molar refractivity (Wildman–Crippen MR) is 101 cm³/mol. The summed E-state index contributed by atoms with van der Waals surface area (Å²) in [6.45, 7) is 1.63. The van der Waals surface area contributed by atoms with Gasteiger partial charge in [-0.05, 0) is 37.3 Å². The SMILES string of the molecule is C[C@@H](c1n[nH]c(=O)c2cc(F)c(F)cc12)N(C)C(=O)c1cc2c(F)cccc2[nH]1. The molecule has 0 aliphatic carbocycles. The van der Waals surface area contributed by atoms with Crippen LogP contribution < -0.4 is 5.56 Å². The quantitative estimate of drug-likeness (QED) is 0.551. The fourth-order valence-corrected chi connectivity index (χ4v) is 3.28. The zero-order valence-corrected chi connectivity index (χ0v) is 15.4. The average Bonchev–Trinajstić information content (AvgIpc) is 3.14. The third-order valence-electron chi connectivity index (χ3n) is 5.00. The summed E-state index contributed by atoms with van der Waals surface area (Å²) in [6.07, 6.45) is 0. The number of carbonyl (C=O) groups excluding carboxylic acids is 1. The number of carbonyl (C=O) groups is 1. The number of benzene rings is 2. The van der Waals surface area contributed by atoms with E-state index >= 15 is 0 Å². The van der Waals surface area contributed by atoms with Gasteiger partial charge in [-0.25, -0.2) is 18.3 Å². The Balaban J connectivity index is 1.75. The lowest BCUT2D eigenvalue weighted by Crippen LogP contribution is -2.31. The molecule has 0 spiro atoms. The summed E-state index contributed by atoms with van der Waals surface area (Å²) < 4.78 is 41.2. The van der Waals surface area contributed by atoms with E-state index in [2.05, 4.69) is 15.2 Å². The molecule has 148 valence electrons. The van der Waals surface area contributed by atoms with Gasteiger partial charge in [0.15, 0.2) is 11.6 Å². The van der Waals surface area contributed by atoms with Crippen LogP contribution in [0.1, 0.15) is 29.1 Å². The van der Waals surface area contributed by atoms with Gasteiger partial charge < -0.3 is 9.88 Å².